The van der Waals surface area contributed by atoms with E-state index in [9.17, 15) is 4.79 Å². The van der Waals surface area contributed by atoms with E-state index in [2.05, 4.69) is 37.9 Å². The van der Waals surface area contributed by atoms with Crippen LogP contribution in [0.5, 0.6) is 0 Å². The summed E-state index contributed by atoms with van der Waals surface area (Å²) < 4.78 is 6.18. The van der Waals surface area contributed by atoms with Crippen LogP contribution >= 0.6 is 15.9 Å². The number of hydrogen-bond donors (Lipinski definition) is 1. The van der Waals surface area contributed by atoms with Gasteiger partial charge in [0.1, 0.15) is 0 Å². The van der Waals surface area contributed by atoms with Crippen molar-refractivity contribution >= 4 is 39.1 Å². The SMILES string of the molecule is [C-]#[N+]c1ccc(C(=O)Nc2ccc(Br)cc2N2CCC(C)CC2)o1. The summed E-state index contributed by atoms with van der Waals surface area (Å²) in [5.74, 6) is 0.642. The number of carbonyl (C=O) groups excluding carboxylic acids is 1. The van der Waals surface area contributed by atoms with Gasteiger partial charge in [-0.1, -0.05) is 22.9 Å². The van der Waals surface area contributed by atoms with E-state index in [-0.39, 0.29) is 17.6 Å². The number of benzene rings is 1. The zero-order chi connectivity index (χ0) is 17.1. The van der Waals surface area contributed by atoms with Gasteiger partial charge >= 0.3 is 5.88 Å². The number of nitrogens with zero attached hydrogens (tertiary/aromatic N) is 2. The third-order valence-electron chi connectivity index (χ3n) is 4.26. The van der Waals surface area contributed by atoms with Gasteiger partial charge in [0.05, 0.1) is 17.9 Å². The molecule has 1 fully saturated rings. The summed E-state index contributed by atoms with van der Waals surface area (Å²) in [7, 11) is 0. The van der Waals surface area contributed by atoms with Crippen molar-refractivity contribution in [2.45, 2.75) is 19.8 Å². The first-order valence-corrected chi connectivity index (χ1v) is 8.69. The molecule has 5 nitrogen and oxygen atoms in total. The molecule has 1 aromatic carbocycles. The number of hydrogen-bond acceptors (Lipinski definition) is 3. The number of halogens is 1. The fraction of sp³-hybridized carbons (Fsp3) is 0.333. The summed E-state index contributed by atoms with van der Waals surface area (Å²) in [6, 6.07) is 8.82. The van der Waals surface area contributed by atoms with Crippen LogP contribution in [0.4, 0.5) is 17.3 Å². The van der Waals surface area contributed by atoms with Gasteiger partial charge in [0.15, 0.2) is 5.76 Å². The number of amides is 1. The summed E-state index contributed by atoms with van der Waals surface area (Å²) >= 11 is 3.51. The molecular formula is C18H18BrN3O2. The Morgan fingerprint density at radius 2 is 2.08 bits per heavy atom. The highest BCUT2D eigenvalue weighted by Crippen LogP contribution is 2.33. The van der Waals surface area contributed by atoms with E-state index in [0.717, 1.165) is 47.7 Å². The Morgan fingerprint density at radius 1 is 1.33 bits per heavy atom. The molecule has 0 atom stereocenters. The Balaban J connectivity index is 1.82. The van der Waals surface area contributed by atoms with E-state index in [1.807, 2.05) is 18.2 Å². The van der Waals surface area contributed by atoms with Gasteiger partial charge in [-0.05, 0) is 49.1 Å². The highest BCUT2D eigenvalue weighted by atomic mass is 79.9. The second-order valence-electron chi connectivity index (χ2n) is 6.03. The molecule has 0 aliphatic carbocycles. The second-order valence-corrected chi connectivity index (χ2v) is 6.95. The molecule has 2 heterocycles. The molecule has 1 N–H and O–H groups in total. The maximum atomic E-state index is 12.4. The normalized spacial score (nSPS) is 15.1. The van der Waals surface area contributed by atoms with E-state index in [1.54, 1.807) is 0 Å². The van der Waals surface area contributed by atoms with Crippen LogP contribution in [0.2, 0.25) is 0 Å². The van der Waals surface area contributed by atoms with Crippen LogP contribution in [0.15, 0.2) is 39.2 Å². The number of furan rings is 1. The van der Waals surface area contributed by atoms with E-state index in [1.165, 1.54) is 12.1 Å². The number of anilines is 2. The van der Waals surface area contributed by atoms with Crippen LogP contribution in [0.25, 0.3) is 4.85 Å². The summed E-state index contributed by atoms with van der Waals surface area (Å²) in [4.78, 5) is 17.9. The second kappa shape index (κ2) is 7.10. The molecule has 3 rings (SSSR count). The summed E-state index contributed by atoms with van der Waals surface area (Å²) in [5, 5.41) is 2.90. The number of carbonyl (C=O) groups is 1. The highest BCUT2D eigenvalue weighted by Gasteiger charge is 2.20. The average molecular weight is 388 g/mol. The van der Waals surface area contributed by atoms with Crippen molar-refractivity contribution in [1.82, 2.24) is 0 Å². The number of nitrogens with one attached hydrogen (secondary N) is 1. The van der Waals surface area contributed by atoms with Crippen LogP contribution in [-0.2, 0) is 0 Å². The fourth-order valence-corrected chi connectivity index (χ4v) is 3.16. The molecule has 1 aromatic heterocycles. The van der Waals surface area contributed by atoms with E-state index in [0.29, 0.717) is 0 Å². The van der Waals surface area contributed by atoms with Crippen molar-refractivity contribution < 1.29 is 9.21 Å². The van der Waals surface area contributed by atoms with E-state index < -0.39 is 0 Å². The minimum absolute atomic E-state index is 0.112. The molecular weight excluding hydrogens is 370 g/mol. The van der Waals surface area contributed by atoms with Crippen molar-refractivity contribution in [3.8, 4) is 0 Å². The highest BCUT2D eigenvalue weighted by molar-refractivity contribution is 9.10. The van der Waals surface area contributed by atoms with Gasteiger partial charge in [0.25, 0.3) is 5.91 Å². The Morgan fingerprint density at radius 3 is 2.75 bits per heavy atom. The van der Waals surface area contributed by atoms with Crippen LogP contribution in [0.3, 0.4) is 0 Å². The lowest BCUT2D eigenvalue weighted by Crippen LogP contribution is -2.33. The molecule has 0 unspecified atom stereocenters. The van der Waals surface area contributed by atoms with E-state index in [4.69, 9.17) is 11.0 Å². The lowest BCUT2D eigenvalue weighted by Gasteiger charge is -2.33. The molecule has 6 heteroatoms. The van der Waals surface area contributed by atoms with Crippen molar-refractivity contribution in [2.24, 2.45) is 5.92 Å². The molecule has 1 aliphatic heterocycles. The maximum absolute atomic E-state index is 12.4. The van der Waals surface area contributed by atoms with Gasteiger partial charge in [0, 0.05) is 17.6 Å². The van der Waals surface area contributed by atoms with Gasteiger partial charge in [-0.2, -0.15) is 4.85 Å². The van der Waals surface area contributed by atoms with E-state index >= 15 is 0 Å². The Labute approximate surface area is 149 Å². The summed E-state index contributed by atoms with van der Waals surface area (Å²) in [6.07, 6.45) is 2.29. The zero-order valence-electron chi connectivity index (χ0n) is 13.4. The lowest BCUT2D eigenvalue weighted by molar-refractivity contribution is 0.0998. The Bertz CT molecular complexity index is 786. The third kappa shape index (κ3) is 3.62. The van der Waals surface area contributed by atoms with Crippen molar-refractivity contribution in [1.29, 1.82) is 0 Å². The van der Waals surface area contributed by atoms with Crippen LogP contribution in [0.1, 0.15) is 30.3 Å². The van der Waals surface area contributed by atoms with Crippen LogP contribution in [0, 0.1) is 12.5 Å². The van der Waals surface area contributed by atoms with Crippen molar-refractivity contribution in [3.05, 3.63) is 52.0 Å². The molecule has 124 valence electrons. The maximum Gasteiger partial charge on any atom is 0.346 e. The molecule has 2 aromatic rings. The number of rotatable bonds is 3. The van der Waals surface area contributed by atoms with Gasteiger partial charge < -0.3 is 14.6 Å². The molecule has 0 bridgehead atoms. The zero-order valence-corrected chi connectivity index (χ0v) is 15.0. The van der Waals surface area contributed by atoms with Gasteiger partial charge in [-0.15, -0.1) is 0 Å². The molecule has 1 saturated heterocycles. The largest absolute Gasteiger partial charge is 0.475 e. The number of piperidine rings is 1. The first kappa shape index (κ1) is 16.6. The fourth-order valence-electron chi connectivity index (χ4n) is 2.82. The summed E-state index contributed by atoms with van der Waals surface area (Å²) in [6.45, 7) is 11.1. The van der Waals surface area contributed by atoms with Crippen LogP contribution in [-0.4, -0.2) is 19.0 Å². The topological polar surface area (TPSA) is 49.8 Å². The monoisotopic (exact) mass is 387 g/mol. The average Bonchev–Trinajstić information content (AvgIpc) is 3.06. The Hall–Kier alpha value is -2.26. The molecule has 1 aliphatic rings. The minimum atomic E-state index is -0.348. The smallest absolute Gasteiger partial charge is 0.346 e. The summed E-state index contributed by atoms with van der Waals surface area (Å²) in [5.41, 5.74) is 1.75. The third-order valence-corrected chi connectivity index (χ3v) is 4.75. The van der Waals surface area contributed by atoms with Crippen LogP contribution < -0.4 is 10.2 Å². The first-order chi connectivity index (χ1) is 11.6. The first-order valence-electron chi connectivity index (χ1n) is 7.90. The van der Waals surface area contributed by atoms with Crippen molar-refractivity contribution in [2.75, 3.05) is 23.3 Å². The Kier molecular flexibility index (Phi) is 4.91. The molecule has 24 heavy (non-hydrogen) atoms. The van der Waals surface area contributed by atoms with Gasteiger partial charge in [-0.3, -0.25) is 4.79 Å². The standard InChI is InChI=1S/C18H18BrN3O2/c1-12-7-9-22(10-8-12)15-11-13(19)3-4-14(15)21-18(23)16-5-6-17(20-2)24-16/h3-6,11-12H,7-10H2,1H3,(H,21,23). The molecule has 0 saturated carbocycles. The predicted octanol–water partition coefficient (Wildman–Crippen LogP) is 5.08. The minimum Gasteiger partial charge on any atom is -0.475 e. The quantitative estimate of drug-likeness (QED) is 0.746. The van der Waals surface area contributed by atoms with Gasteiger partial charge in [0.2, 0.25) is 0 Å². The van der Waals surface area contributed by atoms with Crippen molar-refractivity contribution in [3.63, 3.8) is 0 Å². The molecule has 0 radical (unpaired) electrons. The lowest BCUT2D eigenvalue weighted by atomic mass is 9.98. The predicted molar refractivity (Wildman–Crippen MR) is 97.7 cm³/mol. The molecule has 1 amide bonds. The van der Waals surface area contributed by atoms with Gasteiger partial charge in [-0.25, -0.2) is 0 Å². The molecule has 0 spiro atoms.